The molecule has 6 nitrogen and oxygen atoms in total. The number of benzene rings is 2. The first kappa shape index (κ1) is 20.6. The predicted octanol–water partition coefficient (Wildman–Crippen LogP) is 2.42. The van der Waals surface area contributed by atoms with Crippen LogP contribution in [-0.2, 0) is 12.8 Å². The molecule has 0 saturated carbocycles. The summed E-state index contributed by atoms with van der Waals surface area (Å²) in [4.78, 5) is 14.2. The molecule has 0 aliphatic rings. The lowest BCUT2D eigenvalue weighted by Gasteiger charge is -2.25. The van der Waals surface area contributed by atoms with Gasteiger partial charge in [0, 0.05) is 19.1 Å². The predicted molar refractivity (Wildman–Crippen MR) is 107 cm³/mol. The second kappa shape index (κ2) is 10.4. The second-order valence-electron chi connectivity index (χ2n) is 6.72. The number of carbonyl (C=O) groups excluding carboxylic acids is 1. The SMILES string of the molecule is COc1ccc(CCNC(=O)NC[C@H](Cc2ccc(O)cc2)N(C)C)cc1. The van der Waals surface area contributed by atoms with Gasteiger partial charge < -0.3 is 25.4 Å². The third kappa shape index (κ3) is 7.19. The number of hydrogen-bond acceptors (Lipinski definition) is 4. The number of urea groups is 1. The summed E-state index contributed by atoms with van der Waals surface area (Å²) in [5.41, 5.74) is 2.27. The van der Waals surface area contributed by atoms with Gasteiger partial charge >= 0.3 is 6.03 Å². The minimum absolute atomic E-state index is 0.166. The standard InChI is InChI=1S/C21H29N3O3/c1-24(2)18(14-17-4-8-19(25)9-5-17)15-23-21(26)22-13-12-16-6-10-20(27-3)11-7-16/h4-11,18,25H,12-15H2,1-3H3,(H2,22,23,26)/t18-/m0/s1. The summed E-state index contributed by atoms with van der Waals surface area (Å²) < 4.78 is 5.14. The quantitative estimate of drug-likeness (QED) is 0.633. The molecule has 2 amide bonds. The van der Waals surface area contributed by atoms with Crippen LogP contribution < -0.4 is 15.4 Å². The van der Waals surface area contributed by atoms with Crippen molar-refractivity contribution >= 4 is 6.03 Å². The molecule has 0 radical (unpaired) electrons. The van der Waals surface area contributed by atoms with Gasteiger partial charge in [-0.2, -0.15) is 0 Å². The number of nitrogens with one attached hydrogen (secondary N) is 2. The number of aromatic hydroxyl groups is 1. The van der Waals surface area contributed by atoms with Gasteiger partial charge in [-0.15, -0.1) is 0 Å². The Labute approximate surface area is 161 Å². The molecule has 2 aromatic rings. The number of carbonyl (C=O) groups is 1. The topological polar surface area (TPSA) is 73.8 Å². The van der Waals surface area contributed by atoms with E-state index in [0.717, 1.165) is 29.7 Å². The molecule has 146 valence electrons. The number of ether oxygens (including phenoxy) is 1. The Bertz CT molecular complexity index is 700. The van der Waals surface area contributed by atoms with E-state index in [-0.39, 0.29) is 17.8 Å². The van der Waals surface area contributed by atoms with Crippen molar-refractivity contribution in [3.63, 3.8) is 0 Å². The van der Waals surface area contributed by atoms with Gasteiger partial charge in [-0.25, -0.2) is 4.79 Å². The fourth-order valence-corrected chi connectivity index (χ4v) is 2.73. The molecule has 27 heavy (non-hydrogen) atoms. The molecule has 6 heteroatoms. The summed E-state index contributed by atoms with van der Waals surface area (Å²) in [5, 5.41) is 15.2. The van der Waals surface area contributed by atoms with E-state index in [1.54, 1.807) is 19.2 Å². The van der Waals surface area contributed by atoms with Gasteiger partial charge in [0.15, 0.2) is 0 Å². The summed E-state index contributed by atoms with van der Waals surface area (Å²) in [7, 11) is 5.63. The average molecular weight is 371 g/mol. The Morgan fingerprint density at radius 1 is 1.04 bits per heavy atom. The Morgan fingerprint density at radius 3 is 2.26 bits per heavy atom. The molecule has 3 N–H and O–H groups in total. The summed E-state index contributed by atoms with van der Waals surface area (Å²) >= 11 is 0. The zero-order valence-corrected chi connectivity index (χ0v) is 16.2. The highest BCUT2D eigenvalue weighted by atomic mass is 16.5. The molecule has 1 atom stereocenters. The Hall–Kier alpha value is -2.73. The van der Waals surface area contributed by atoms with E-state index in [4.69, 9.17) is 4.74 Å². The summed E-state index contributed by atoms with van der Waals surface area (Å²) in [6, 6.07) is 15.0. The van der Waals surface area contributed by atoms with Crippen molar-refractivity contribution in [3.8, 4) is 11.5 Å². The first-order valence-electron chi connectivity index (χ1n) is 9.07. The van der Waals surface area contributed by atoms with E-state index in [0.29, 0.717) is 13.1 Å². The van der Waals surface area contributed by atoms with Crippen molar-refractivity contribution < 1.29 is 14.6 Å². The lowest BCUT2D eigenvalue weighted by atomic mass is 10.1. The van der Waals surface area contributed by atoms with Gasteiger partial charge in [-0.3, -0.25) is 0 Å². The van der Waals surface area contributed by atoms with Crippen LogP contribution in [0.1, 0.15) is 11.1 Å². The molecule has 0 spiro atoms. The minimum Gasteiger partial charge on any atom is -0.508 e. The molecule has 0 fully saturated rings. The van der Waals surface area contributed by atoms with Crippen LogP contribution in [0.25, 0.3) is 0 Å². The zero-order valence-electron chi connectivity index (χ0n) is 16.2. The molecule has 2 rings (SSSR count). The number of rotatable bonds is 9. The molecule has 0 bridgehead atoms. The number of amides is 2. The number of nitrogens with zero attached hydrogens (tertiary/aromatic N) is 1. The van der Waals surface area contributed by atoms with Crippen molar-refractivity contribution in [2.24, 2.45) is 0 Å². The van der Waals surface area contributed by atoms with Crippen LogP contribution in [0.3, 0.4) is 0 Å². The molecule has 0 aromatic heterocycles. The summed E-state index contributed by atoms with van der Waals surface area (Å²) in [5.74, 6) is 1.09. The molecule has 0 heterocycles. The van der Waals surface area contributed by atoms with E-state index in [9.17, 15) is 9.90 Å². The summed E-state index contributed by atoms with van der Waals surface area (Å²) in [6.45, 7) is 1.12. The van der Waals surface area contributed by atoms with Gasteiger partial charge in [-0.1, -0.05) is 24.3 Å². The van der Waals surface area contributed by atoms with E-state index in [1.807, 2.05) is 50.5 Å². The number of likely N-dealkylation sites (N-methyl/N-ethyl adjacent to an activating group) is 1. The Balaban J connectivity index is 1.73. The minimum atomic E-state index is -0.166. The van der Waals surface area contributed by atoms with Crippen LogP contribution in [0, 0.1) is 0 Å². The van der Waals surface area contributed by atoms with E-state index >= 15 is 0 Å². The monoisotopic (exact) mass is 371 g/mol. The van der Waals surface area contributed by atoms with E-state index in [2.05, 4.69) is 15.5 Å². The smallest absolute Gasteiger partial charge is 0.314 e. The number of hydrogen-bond donors (Lipinski definition) is 3. The van der Waals surface area contributed by atoms with Crippen molar-refractivity contribution in [2.75, 3.05) is 34.3 Å². The highest BCUT2D eigenvalue weighted by Gasteiger charge is 2.13. The number of phenolic OH excluding ortho intramolecular Hbond substituents is 1. The van der Waals surface area contributed by atoms with Crippen molar-refractivity contribution in [1.29, 1.82) is 0 Å². The van der Waals surface area contributed by atoms with Gasteiger partial charge in [0.2, 0.25) is 0 Å². The Morgan fingerprint density at radius 2 is 1.67 bits per heavy atom. The van der Waals surface area contributed by atoms with Crippen molar-refractivity contribution in [2.45, 2.75) is 18.9 Å². The normalized spacial score (nSPS) is 11.9. The molecule has 0 aliphatic heterocycles. The van der Waals surface area contributed by atoms with Crippen LogP contribution in [0.4, 0.5) is 4.79 Å². The van der Waals surface area contributed by atoms with Gasteiger partial charge in [0.05, 0.1) is 7.11 Å². The number of methoxy groups -OCH3 is 1. The van der Waals surface area contributed by atoms with Gasteiger partial charge in [-0.05, 0) is 62.3 Å². The van der Waals surface area contributed by atoms with Crippen LogP contribution >= 0.6 is 0 Å². The highest BCUT2D eigenvalue weighted by molar-refractivity contribution is 5.73. The second-order valence-corrected chi connectivity index (χ2v) is 6.72. The first-order chi connectivity index (χ1) is 13.0. The molecule has 0 aliphatic carbocycles. The first-order valence-corrected chi connectivity index (χ1v) is 9.07. The zero-order chi connectivity index (χ0) is 19.6. The highest BCUT2D eigenvalue weighted by Crippen LogP contribution is 2.13. The molecular formula is C21H29N3O3. The maximum atomic E-state index is 12.1. The molecule has 2 aromatic carbocycles. The molecular weight excluding hydrogens is 342 g/mol. The Kier molecular flexibility index (Phi) is 7.95. The third-order valence-corrected chi connectivity index (χ3v) is 4.49. The number of phenols is 1. The van der Waals surface area contributed by atoms with Crippen LogP contribution in [-0.4, -0.2) is 56.4 Å². The van der Waals surface area contributed by atoms with Gasteiger partial charge in [0.25, 0.3) is 0 Å². The van der Waals surface area contributed by atoms with Crippen LogP contribution in [0.5, 0.6) is 11.5 Å². The lowest BCUT2D eigenvalue weighted by molar-refractivity contribution is 0.232. The van der Waals surface area contributed by atoms with Gasteiger partial charge in [0.1, 0.15) is 11.5 Å². The maximum Gasteiger partial charge on any atom is 0.314 e. The van der Waals surface area contributed by atoms with Crippen LogP contribution in [0.2, 0.25) is 0 Å². The fourth-order valence-electron chi connectivity index (χ4n) is 2.73. The molecule has 0 saturated heterocycles. The van der Waals surface area contributed by atoms with Crippen LogP contribution in [0.15, 0.2) is 48.5 Å². The third-order valence-electron chi connectivity index (χ3n) is 4.49. The summed E-state index contributed by atoms with van der Waals surface area (Å²) in [6.07, 6.45) is 1.56. The lowest BCUT2D eigenvalue weighted by Crippen LogP contribution is -2.45. The van der Waals surface area contributed by atoms with E-state index in [1.165, 1.54) is 0 Å². The average Bonchev–Trinajstić information content (AvgIpc) is 2.67. The fraction of sp³-hybridized carbons (Fsp3) is 0.381. The maximum absolute atomic E-state index is 12.1. The largest absolute Gasteiger partial charge is 0.508 e. The molecule has 0 unspecified atom stereocenters. The van der Waals surface area contributed by atoms with Crippen molar-refractivity contribution in [3.05, 3.63) is 59.7 Å². The van der Waals surface area contributed by atoms with E-state index < -0.39 is 0 Å². The van der Waals surface area contributed by atoms with Crippen molar-refractivity contribution in [1.82, 2.24) is 15.5 Å².